The average Bonchev–Trinajstić information content (AvgIpc) is 3.34. The molecule has 6 heteroatoms. The van der Waals surface area contributed by atoms with E-state index in [4.69, 9.17) is 4.52 Å². The molecule has 3 aromatic heterocycles. The van der Waals surface area contributed by atoms with Crippen LogP contribution in [0.15, 0.2) is 34.3 Å². The van der Waals surface area contributed by atoms with Crippen molar-refractivity contribution in [1.82, 2.24) is 20.3 Å². The van der Waals surface area contributed by atoms with E-state index in [1.165, 1.54) is 16.9 Å². The summed E-state index contributed by atoms with van der Waals surface area (Å²) in [6.45, 7) is 4.07. The molecule has 5 nitrogen and oxygen atoms in total. The molecule has 4 rings (SSSR count). The van der Waals surface area contributed by atoms with Crippen LogP contribution >= 0.6 is 11.3 Å². The average molecular weight is 328 g/mol. The highest BCUT2D eigenvalue weighted by Crippen LogP contribution is 2.35. The summed E-state index contributed by atoms with van der Waals surface area (Å²) in [5.74, 6) is 1.00. The Kier molecular flexibility index (Phi) is 4.01. The standard InChI is InChI=1S/C17H20N4OS/c1-2-13-9-15(22-20-13)14-5-3-7-21(14)11-12-10-18-19-17(12)16-6-4-8-23-16/h4,6,8-10,14H,2-3,5,7,11H2,1H3,(H,18,19). The van der Waals surface area contributed by atoms with Gasteiger partial charge < -0.3 is 4.52 Å². The van der Waals surface area contributed by atoms with Crippen LogP contribution in [0.2, 0.25) is 0 Å². The number of likely N-dealkylation sites (tertiary alicyclic amines) is 1. The van der Waals surface area contributed by atoms with Gasteiger partial charge in [0.2, 0.25) is 0 Å². The monoisotopic (exact) mass is 328 g/mol. The second kappa shape index (κ2) is 6.29. The number of aryl methyl sites for hydroxylation is 1. The van der Waals surface area contributed by atoms with Gasteiger partial charge in [0.15, 0.2) is 5.76 Å². The lowest BCUT2D eigenvalue weighted by molar-refractivity contribution is 0.206. The summed E-state index contributed by atoms with van der Waals surface area (Å²) in [4.78, 5) is 3.71. The molecule has 0 amide bonds. The Morgan fingerprint density at radius 3 is 3.22 bits per heavy atom. The van der Waals surface area contributed by atoms with Crippen LogP contribution in [0.25, 0.3) is 10.6 Å². The first-order valence-corrected chi connectivity index (χ1v) is 8.98. The maximum absolute atomic E-state index is 5.58. The smallest absolute Gasteiger partial charge is 0.154 e. The van der Waals surface area contributed by atoms with E-state index in [-0.39, 0.29) is 0 Å². The molecular formula is C17H20N4OS. The van der Waals surface area contributed by atoms with Gasteiger partial charge in [-0.15, -0.1) is 11.3 Å². The highest BCUT2D eigenvalue weighted by Gasteiger charge is 2.30. The summed E-state index contributed by atoms with van der Waals surface area (Å²) >= 11 is 1.74. The summed E-state index contributed by atoms with van der Waals surface area (Å²) in [6.07, 6.45) is 5.19. The van der Waals surface area contributed by atoms with Gasteiger partial charge in [-0.3, -0.25) is 10.00 Å². The van der Waals surface area contributed by atoms with Crippen LogP contribution in [0, 0.1) is 0 Å². The maximum Gasteiger partial charge on any atom is 0.154 e. The predicted octanol–water partition coefficient (Wildman–Crippen LogP) is 4.03. The first kappa shape index (κ1) is 14.7. The normalized spacial score (nSPS) is 18.7. The zero-order valence-corrected chi connectivity index (χ0v) is 14.0. The van der Waals surface area contributed by atoms with Crippen LogP contribution in [0.4, 0.5) is 0 Å². The molecule has 0 saturated carbocycles. The van der Waals surface area contributed by atoms with Crippen LogP contribution in [0.1, 0.15) is 42.8 Å². The number of rotatable bonds is 5. The van der Waals surface area contributed by atoms with E-state index in [0.29, 0.717) is 6.04 Å². The third-order valence-electron chi connectivity index (χ3n) is 4.49. The van der Waals surface area contributed by atoms with Crippen LogP contribution in [-0.2, 0) is 13.0 Å². The number of hydrogen-bond acceptors (Lipinski definition) is 5. The zero-order valence-electron chi connectivity index (χ0n) is 13.2. The lowest BCUT2D eigenvalue weighted by atomic mass is 10.1. The number of aromatic nitrogens is 3. The van der Waals surface area contributed by atoms with E-state index < -0.39 is 0 Å². The summed E-state index contributed by atoms with van der Waals surface area (Å²) in [7, 11) is 0. The Labute approximate surface area is 139 Å². The Hall–Kier alpha value is -1.92. The highest BCUT2D eigenvalue weighted by molar-refractivity contribution is 7.13. The van der Waals surface area contributed by atoms with Crippen molar-refractivity contribution in [3.63, 3.8) is 0 Å². The topological polar surface area (TPSA) is 58.0 Å². The first-order chi connectivity index (χ1) is 11.3. The molecule has 1 aliphatic heterocycles. The van der Waals surface area contributed by atoms with Crippen molar-refractivity contribution in [2.45, 2.75) is 38.8 Å². The molecule has 1 aliphatic rings. The second-order valence-electron chi connectivity index (χ2n) is 5.95. The van der Waals surface area contributed by atoms with Gasteiger partial charge in [0.05, 0.1) is 28.5 Å². The third kappa shape index (κ3) is 2.84. The van der Waals surface area contributed by atoms with E-state index in [1.807, 2.05) is 6.20 Å². The van der Waals surface area contributed by atoms with E-state index >= 15 is 0 Å². The van der Waals surface area contributed by atoms with Gasteiger partial charge in [-0.25, -0.2) is 0 Å². The molecule has 0 bridgehead atoms. The van der Waals surface area contributed by atoms with Gasteiger partial charge in [-0.2, -0.15) is 5.10 Å². The molecular weight excluding hydrogens is 308 g/mol. The SMILES string of the molecule is CCc1cc(C2CCCN2Cc2cn[nH]c2-c2cccs2)on1. The maximum atomic E-state index is 5.58. The summed E-state index contributed by atoms with van der Waals surface area (Å²) in [6, 6.07) is 6.64. The quantitative estimate of drug-likeness (QED) is 0.768. The largest absolute Gasteiger partial charge is 0.359 e. The fourth-order valence-electron chi connectivity index (χ4n) is 3.27. The summed E-state index contributed by atoms with van der Waals surface area (Å²) < 4.78 is 5.58. The van der Waals surface area contributed by atoms with Crippen LogP contribution in [-0.4, -0.2) is 26.8 Å². The minimum Gasteiger partial charge on any atom is -0.359 e. The fourth-order valence-corrected chi connectivity index (χ4v) is 4.03. The van der Waals surface area contributed by atoms with Crippen molar-refractivity contribution in [3.05, 3.63) is 46.8 Å². The van der Waals surface area contributed by atoms with E-state index in [0.717, 1.165) is 43.1 Å². The molecule has 0 radical (unpaired) electrons. The molecule has 23 heavy (non-hydrogen) atoms. The highest BCUT2D eigenvalue weighted by atomic mass is 32.1. The lowest BCUT2D eigenvalue weighted by Crippen LogP contribution is -2.22. The molecule has 1 unspecified atom stereocenters. The van der Waals surface area contributed by atoms with Crippen molar-refractivity contribution < 1.29 is 4.52 Å². The minimum absolute atomic E-state index is 0.328. The summed E-state index contributed by atoms with van der Waals surface area (Å²) in [5.41, 5.74) is 3.42. The number of hydrogen-bond donors (Lipinski definition) is 1. The molecule has 1 atom stereocenters. The van der Waals surface area contributed by atoms with Gasteiger partial charge in [0.25, 0.3) is 0 Å². The third-order valence-corrected chi connectivity index (χ3v) is 5.38. The molecule has 1 saturated heterocycles. The second-order valence-corrected chi connectivity index (χ2v) is 6.90. The van der Waals surface area contributed by atoms with Crippen molar-refractivity contribution in [2.75, 3.05) is 6.54 Å². The van der Waals surface area contributed by atoms with Crippen LogP contribution in [0.3, 0.4) is 0 Å². The molecule has 1 fully saturated rings. The number of thiophene rings is 1. The zero-order chi connectivity index (χ0) is 15.6. The predicted molar refractivity (Wildman–Crippen MR) is 90.2 cm³/mol. The molecule has 1 N–H and O–H groups in total. The fraction of sp³-hybridized carbons (Fsp3) is 0.412. The molecule has 0 aliphatic carbocycles. The Balaban J connectivity index is 1.55. The van der Waals surface area contributed by atoms with Crippen LogP contribution < -0.4 is 0 Å². The minimum atomic E-state index is 0.328. The van der Waals surface area contributed by atoms with Gasteiger partial charge in [0, 0.05) is 18.2 Å². The van der Waals surface area contributed by atoms with Crippen molar-refractivity contribution in [1.29, 1.82) is 0 Å². The van der Waals surface area contributed by atoms with Gasteiger partial charge in [-0.1, -0.05) is 18.1 Å². The Morgan fingerprint density at radius 1 is 1.48 bits per heavy atom. The lowest BCUT2D eigenvalue weighted by Gasteiger charge is -2.22. The van der Waals surface area contributed by atoms with E-state index in [9.17, 15) is 0 Å². The van der Waals surface area contributed by atoms with E-state index in [1.54, 1.807) is 11.3 Å². The molecule has 0 aromatic carbocycles. The van der Waals surface area contributed by atoms with Crippen molar-refractivity contribution in [2.24, 2.45) is 0 Å². The molecule has 4 heterocycles. The Morgan fingerprint density at radius 2 is 2.43 bits per heavy atom. The molecule has 120 valence electrons. The van der Waals surface area contributed by atoms with Gasteiger partial charge in [-0.05, 0) is 37.3 Å². The van der Waals surface area contributed by atoms with Crippen molar-refractivity contribution >= 4 is 11.3 Å². The molecule has 3 aromatic rings. The number of nitrogens with one attached hydrogen (secondary N) is 1. The number of nitrogens with zero attached hydrogens (tertiary/aromatic N) is 3. The molecule has 0 spiro atoms. The Bertz CT molecular complexity index is 761. The van der Waals surface area contributed by atoms with E-state index in [2.05, 4.69) is 50.8 Å². The summed E-state index contributed by atoms with van der Waals surface area (Å²) in [5, 5.41) is 13.6. The number of aromatic amines is 1. The van der Waals surface area contributed by atoms with Crippen molar-refractivity contribution in [3.8, 4) is 10.6 Å². The number of H-pyrrole nitrogens is 1. The van der Waals surface area contributed by atoms with Gasteiger partial charge >= 0.3 is 0 Å². The first-order valence-electron chi connectivity index (χ1n) is 8.11. The van der Waals surface area contributed by atoms with Gasteiger partial charge in [0.1, 0.15) is 0 Å². The van der Waals surface area contributed by atoms with Crippen LogP contribution in [0.5, 0.6) is 0 Å².